The Hall–Kier alpha value is -4.53. The molecule has 0 atom stereocenters. The number of hydrogen-bond acceptors (Lipinski definition) is 7. The van der Waals surface area contributed by atoms with Crippen molar-refractivity contribution in [1.82, 2.24) is 9.97 Å². The number of aromatic nitrogens is 2. The molecular weight excluding hydrogens is 537 g/mol. The van der Waals surface area contributed by atoms with Crippen LogP contribution in [-0.4, -0.2) is 23.0 Å². The van der Waals surface area contributed by atoms with Gasteiger partial charge in [0.2, 0.25) is 0 Å². The highest BCUT2D eigenvalue weighted by Crippen LogP contribution is 2.42. The number of amides is 1. The van der Waals surface area contributed by atoms with Crippen molar-refractivity contribution in [3.8, 4) is 39.4 Å². The van der Waals surface area contributed by atoms with Crippen LogP contribution in [0.4, 0.5) is 10.8 Å². The molecule has 0 radical (unpaired) electrons. The van der Waals surface area contributed by atoms with Gasteiger partial charge in [-0.3, -0.25) is 10.1 Å². The van der Waals surface area contributed by atoms with Gasteiger partial charge in [-0.2, -0.15) is 0 Å². The summed E-state index contributed by atoms with van der Waals surface area (Å²) < 4.78 is 5.32. The van der Waals surface area contributed by atoms with E-state index in [-0.39, 0.29) is 5.91 Å². The van der Waals surface area contributed by atoms with Gasteiger partial charge < -0.3 is 10.5 Å². The Kier molecular flexibility index (Phi) is 6.79. The Morgan fingerprint density at radius 1 is 0.825 bits per heavy atom. The van der Waals surface area contributed by atoms with Crippen LogP contribution in [0.2, 0.25) is 0 Å². The lowest BCUT2D eigenvalue weighted by Gasteiger charge is -2.10. The number of thiazole rings is 1. The van der Waals surface area contributed by atoms with Gasteiger partial charge in [-0.1, -0.05) is 59.7 Å². The molecule has 0 aliphatic carbocycles. The lowest BCUT2D eigenvalue weighted by Crippen LogP contribution is -2.11. The topological polar surface area (TPSA) is 90.1 Å². The van der Waals surface area contributed by atoms with Crippen molar-refractivity contribution < 1.29 is 9.53 Å². The van der Waals surface area contributed by atoms with Crippen LogP contribution < -0.4 is 15.8 Å². The third-order valence-corrected chi connectivity index (χ3v) is 8.58. The van der Waals surface area contributed by atoms with Crippen molar-refractivity contribution in [1.29, 1.82) is 0 Å². The van der Waals surface area contributed by atoms with E-state index < -0.39 is 0 Å². The molecule has 0 spiro atoms. The van der Waals surface area contributed by atoms with Crippen LogP contribution in [0.15, 0.2) is 84.2 Å². The van der Waals surface area contributed by atoms with E-state index in [1.807, 2.05) is 66.9 Å². The maximum absolute atomic E-state index is 13.5. The van der Waals surface area contributed by atoms with Gasteiger partial charge in [0.1, 0.15) is 15.5 Å². The number of hydrogen-bond donors (Lipinski definition) is 2. The highest BCUT2D eigenvalue weighted by atomic mass is 32.1. The second-order valence-electron chi connectivity index (χ2n) is 9.53. The van der Waals surface area contributed by atoms with Gasteiger partial charge in [-0.15, -0.1) is 22.7 Å². The molecule has 3 aromatic carbocycles. The van der Waals surface area contributed by atoms with Crippen molar-refractivity contribution in [2.75, 3.05) is 18.2 Å². The minimum Gasteiger partial charge on any atom is -0.497 e. The zero-order chi connectivity index (χ0) is 27.8. The highest BCUT2D eigenvalue weighted by molar-refractivity contribution is 7.21. The van der Waals surface area contributed by atoms with Gasteiger partial charge in [-0.05, 0) is 55.3 Å². The fourth-order valence-electron chi connectivity index (χ4n) is 4.50. The maximum Gasteiger partial charge on any atom is 0.269 e. The quantitative estimate of drug-likeness (QED) is 0.213. The summed E-state index contributed by atoms with van der Waals surface area (Å²) in [7, 11) is 1.64. The molecule has 6 nitrogen and oxygen atoms in total. The number of fused-ring (bicyclic) bond motifs is 1. The third-order valence-electron chi connectivity index (χ3n) is 6.73. The van der Waals surface area contributed by atoms with E-state index in [2.05, 4.69) is 41.5 Å². The number of aryl methyl sites for hydroxylation is 2. The first-order valence-corrected chi connectivity index (χ1v) is 14.4. The Morgan fingerprint density at radius 2 is 1.43 bits per heavy atom. The molecule has 0 saturated heterocycles. The van der Waals surface area contributed by atoms with Gasteiger partial charge >= 0.3 is 0 Å². The number of carbonyl (C=O) groups excluding carboxylic acids is 1. The minimum atomic E-state index is -0.300. The molecule has 0 saturated carbocycles. The van der Waals surface area contributed by atoms with Crippen LogP contribution in [-0.2, 0) is 0 Å². The molecule has 6 rings (SSSR count). The average molecular weight is 563 g/mol. The molecule has 40 heavy (non-hydrogen) atoms. The highest BCUT2D eigenvalue weighted by Gasteiger charge is 2.22. The number of benzene rings is 3. The summed E-state index contributed by atoms with van der Waals surface area (Å²) in [5.74, 6) is 0.474. The molecule has 8 heteroatoms. The average Bonchev–Trinajstić information content (AvgIpc) is 3.57. The second kappa shape index (κ2) is 10.6. The fourth-order valence-corrected chi connectivity index (χ4v) is 6.23. The number of nitrogens with one attached hydrogen (secondary N) is 1. The first-order valence-electron chi connectivity index (χ1n) is 12.7. The van der Waals surface area contributed by atoms with E-state index in [1.54, 1.807) is 7.11 Å². The number of nitrogens with two attached hydrogens (primary N) is 1. The smallest absolute Gasteiger partial charge is 0.269 e. The summed E-state index contributed by atoms with van der Waals surface area (Å²) >= 11 is 2.67. The van der Waals surface area contributed by atoms with Gasteiger partial charge in [0.15, 0.2) is 5.13 Å². The first kappa shape index (κ1) is 25.7. The Labute approximate surface area is 240 Å². The number of nitrogens with zero attached hydrogens (tertiary/aromatic N) is 2. The summed E-state index contributed by atoms with van der Waals surface area (Å²) in [6.45, 7) is 4.10. The van der Waals surface area contributed by atoms with Gasteiger partial charge in [-0.25, -0.2) is 9.97 Å². The van der Waals surface area contributed by atoms with Crippen molar-refractivity contribution in [3.05, 3.63) is 100 Å². The molecule has 0 aliphatic heterocycles. The predicted molar refractivity (Wildman–Crippen MR) is 166 cm³/mol. The summed E-state index contributed by atoms with van der Waals surface area (Å²) in [6.07, 6.45) is 0. The normalized spacial score (nSPS) is 11.1. The van der Waals surface area contributed by atoms with Crippen LogP contribution in [0.25, 0.3) is 43.9 Å². The number of pyridine rings is 1. The number of methoxy groups -OCH3 is 1. The Bertz CT molecular complexity index is 1840. The lowest BCUT2D eigenvalue weighted by molar-refractivity contribution is 0.103. The molecule has 3 aromatic heterocycles. The van der Waals surface area contributed by atoms with Crippen LogP contribution >= 0.6 is 22.7 Å². The van der Waals surface area contributed by atoms with E-state index in [0.717, 1.165) is 50.3 Å². The summed E-state index contributed by atoms with van der Waals surface area (Å²) in [5, 5.41) is 6.17. The molecule has 0 unspecified atom stereocenters. The van der Waals surface area contributed by atoms with Crippen LogP contribution in [0, 0.1) is 13.8 Å². The van der Waals surface area contributed by atoms with E-state index in [4.69, 9.17) is 15.5 Å². The molecule has 6 aromatic rings. The number of nitrogen functional groups attached to an aromatic ring is 1. The number of anilines is 2. The number of ether oxygens (including phenoxy) is 1. The SMILES string of the molecule is COc1ccc(-c2cc(-c3ccc(C)cc3)c3c(N)c(C(=O)Nc4nc(-c5ccc(C)cc5)cs4)sc3n2)cc1. The second-order valence-corrected chi connectivity index (χ2v) is 11.4. The molecule has 3 N–H and O–H groups in total. The van der Waals surface area contributed by atoms with Gasteiger partial charge in [0, 0.05) is 21.9 Å². The van der Waals surface area contributed by atoms with Crippen molar-refractivity contribution in [3.63, 3.8) is 0 Å². The molecule has 198 valence electrons. The molecule has 0 bridgehead atoms. The molecule has 0 aliphatic rings. The first-order chi connectivity index (χ1) is 19.4. The Balaban J connectivity index is 1.40. The number of thiophene rings is 1. The Morgan fingerprint density at radius 3 is 2.08 bits per heavy atom. The van der Waals surface area contributed by atoms with Gasteiger partial charge in [0.05, 0.1) is 24.2 Å². The molecule has 1 amide bonds. The lowest BCUT2D eigenvalue weighted by atomic mass is 9.98. The minimum absolute atomic E-state index is 0.300. The maximum atomic E-state index is 13.5. The summed E-state index contributed by atoms with van der Waals surface area (Å²) in [4.78, 5) is 24.1. The molecule has 0 fully saturated rings. The van der Waals surface area contributed by atoms with E-state index in [1.165, 1.54) is 28.2 Å². The predicted octanol–water partition coefficient (Wildman–Crippen LogP) is 8.21. The van der Waals surface area contributed by atoms with Crippen molar-refractivity contribution in [2.24, 2.45) is 0 Å². The number of rotatable bonds is 6. The fraction of sp³-hybridized carbons (Fsp3) is 0.0938. The third kappa shape index (κ3) is 4.95. The monoisotopic (exact) mass is 562 g/mol. The van der Waals surface area contributed by atoms with E-state index in [0.29, 0.717) is 20.5 Å². The number of carbonyl (C=O) groups is 1. The van der Waals surface area contributed by atoms with Crippen LogP contribution in [0.1, 0.15) is 20.8 Å². The molecule has 3 heterocycles. The standard InChI is InChI=1S/C32H26N4O2S2/c1-18-4-8-20(9-5-18)24-16-25(21-12-14-23(38-3)15-13-21)34-31-27(24)28(33)29(40-31)30(37)36-32-35-26(17-39-32)22-10-6-19(2)7-11-22/h4-17H,33H2,1-3H3,(H,35,36,37). The van der Waals surface area contributed by atoms with Crippen LogP contribution in [0.3, 0.4) is 0 Å². The zero-order valence-electron chi connectivity index (χ0n) is 22.2. The zero-order valence-corrected chi connectivity index (χ0v) is 23.8. The van der Waals surface area contributed by atoms with Crippen molar-refractivity contribution >= 4 is 49.6 Å². The molecular formula is C32H26N4O2S2. The van der Waals surface area contributed by atoms with Crippen molar-refractivity contribution in [2.45, 2.75) is 13.8 Å². The summed E-state index contributed by atoms with van der Waals surface area (Å²) in [5.41, 5.74) is 14.9. The van der Waals surface area contributed by atoms with Crippen LogP contribution in [0.5, 0.6) is 5.75 Å². The summed E-state index contributed by atoms with van der Waals surface area (Å²) in [6, 6.07) is 26.2. The van der Waals surface area contributed by atoms with E-state index in [9.17, 15) is 4.79 Å². The van der Waals surface area contributed by atoms with E-state index >= 15 is 0 Å². The van der Waals surface area contributed by atoms with Gasteiger partial charge in [0.25, 0.3) is 5.91 Å². The largest absolute Gasteiger partial charge is 0.497 e.